The maximum atomic E-state index is 12.5. The Balaban J connectivity index is 2.19. The number of para-hydroxylation sites is 1. The highest BCUT2D eigenvalue weighted by molar-refractivity contribution is 5.81. The molecule has 0 radical (unpaired) electrons. The van der Waals surface area contributed by atoms with E-state index in [1.54, 1.807) is 30.1 Å². The van der Waals surface area contributed by atoms with E-state index >= 15 is 0 Å². The average molecular weight is 258 g/mol. The molecule has 1 aliphatic heterocycles. The molecule has 19 heavy (non-hydrogen) atoms. The molecule has 1 aliphatic rings. The molecule has 1 aromatic carbocycles. The van der Waals surface area contributed by atoms with Gasteiger partial charge in [-0.1, -0.05) is 12.1 Å². The topological polar surface area (TPSA) is 53.8 Å². The van der Waals surface area contributed by atoms with Crippen molar-refractivity contribution in [3.63, 3.8) is 0 Å². The highest BCUT2D eigenvalue weighted by atomic mass is 16.3. The number of amides is 1. The van der Waals surface area contributed by atoms with Gasteiger partial charge in [-0.05, 0) is 19.2 Å². The Labute approximate surface area is 110 Å². The highest BCUT2D eigenvalue weighted by Gasteiger charge is 2.35. The molecule has 1 amide bonds. The molecule has 1 aromatic heterocycles. The molecule has 1 fully saturated rings. The van der Waals surface area contributed by atoms with Crippen LogP contribution in [-0.4, -0.2) is 36.3 Å². The lowest BCUT2D eigenvalue weighted by molar-refractivity contribution is -0.126. The van der Waals surface area contributed by atoms with E-state index in [1.807, 2.05) is 18.0 Å². The summed E-state index contributed by atoms with van der Waals surface area (Å²) in [6, 6.07) is 7.12. The molecule has 2 aromatic rings. The van der Waals surface area contributed by atoms with Crippen molar-refractivity contribution >= 4 is 16.9 Å². The number of fused-ring (bicyclic) bond motifs is 1. The molecule has 3 rings (SSSR count). The standard InChI is InChI=1S/C14H14N2O3/c1-15-7-12(17)16(2)14(15)10-8-19-11-6-4-3-5-9(11)13(10)18/h3-6,8,14H,7H2,1-2H3. The number of nitrogens with zero attached hydrogens (tertiary/aromatic N) is 2. The van der Waals surface area contributed by atoms with Crippen LogP contribution in [-0.2, 0) is 4.79 Å². The molecule has 0 N–H and O–H groups in total. The Morgan fingerprint density at radius 1 is 1.21 bits per heavy atom. The van der Waals surface area contributed by atoms with Crippen LogP contribution in [0.3, 0.4) is 0 Å². The summed E-state index contributed by atoms with van der Waals surface area (Å²) in [5.41, 5.74) is 0.973. The van der Waals surface area contributed by atoms with Crippen molar-refractivity contribution in [2.75, 3.05) is 20.6 Å². The zero-order chi connectivity index (χ0) is 13.6. The maximum absolute atomic E-state index is 12.5. The van der Waals surface area contributed by atoms with Crippen LogP contribution in [0.4, 0.5) is 0 Å². The molecule has 1 atom stereocenters. The van der Waals surface area contributed by atoms with Gasteiger partial charge >= 0.3 is 0 Å². The van der Waals surface area contributed by atoms with Gasteiger partial charge in [-0.3, -0.25) is 14.5 Å². The normalized spacial score (nSPS) is 20.4. The van der Waals surface area contributed by atoms with E-state index in [-0.39, 0.29) is 17.5 Å². The van der Waals surface area contributed by atoms with Crippen LogP contribution in [0.2, 0.25) is 0 Å². The third-order valence-electron chi connectivity index (χ3n) is 3.55. The van der Waals surface area contributed by atoms with Crippen LogP contribution >= 0.6 is 0 Å². The molecule has 98 valence electrons. The lowest BCUT2D eigenvalue weighted by Crippen LogP contribution is -2.31. The lowest BCUT2D eigenvalue weighted by atomic mass is 10.1. The van der Waals surface area contributed by atoms with Crippen molar-refractivity contribution in [2.24, 2.45) is 0 Å². The highest BCUT2D eigenvalue weighted by Crippen LogP contribution is 2.26. The van der Waals surface area contributed by atoms with E-state index in [4.69, 9.17) is 4.42 Å². The van der Waals surface area contributed by atoms with Gasteiger partial charge in [-0.2, -0.15) is 0 Å². The molecule has 0 spiro atoms. The van der Waals surface area contributed by atoms with Crippen LogP contribution in [0.1, 0.15) is 11.7 Å². The molecule has 1 saturated heterocycles. The fourth-order valence-corrected chi connectivity index (χ4v) is 2.56. The summed E-state index contributed by atoms with van der Waals surface area (Å²) in [4.78, 5) is 27.6. The van der Waals surface area contributed by atoms with E-state index in [0.29, 0.717) is 23.1 Å². The second-order valence-corrected chi connectivity index (χ2v) is 4.81. The summed E-state index contributed by atoms with van der Waals surface area (Å²) < 4.78 is 5.50. The second kappa shape index (κ2) is 4.20. The first-order valence-electron chi connectivity index (χ1n) is 6.06. The Hall–Kier alpha value is -2.14. The Morgan fingerprint density at radius 3 is 2.63 bits per heavy atom. The van der Waals surface area contributed by atoms with Crippen molar-refractivity contribution < 1.29 is 9.21 Å². The second-order valence-electron chi connectivity index (χ2n) is 4.81. The summed E-state index contributed by atoms with van der Waals surface area (Å²) in [7, 11) is 3.52. The Kier molecular flexibility index (Phi) is 2.64. The van der Waals surface area contributed by atoms with Crippen LogP contribution in [0.15, 0.2) is 39.7 Å². The Bertz CT molecular complexity index is 707. The van der Waals surface area contributed by atoms with E-state index in [2.05, 4.69) is 0 Å². The van der Waals surface area contributed by atoms with Crippen LogP contribution in [0.25, 0.3) is 11.0 Å². The fourth-order valence-electron chi connectivity index (χ4n) is 2.56. The average Bonchev–Trinajstić information content (AvgIpc) is 2.65. The molecule has 0 saturated carbocycles. The summed E-state index contributed by atoms with van der Waals surface area (Å²) >= 11 is 0. The van der Waals surface area contributed by atoms with Crippen molar-refractivity contribution in [3.8, 4) is 0 Å². The minimum atomic E-state index is -0.353. The number of carbonyl (C=O) groups is 1. The van der Waals surface area contributed by atoms with Gasteiger partial charge in [0.25, 0.3) is 0 Å². The summed E-state index contributed by atoms with van der Waals surface area (Å²) in [6.45, 7) is 0.313. The molecule has 2 heterocycles. The third-order valence-corrected chi connectivity index (χ3v) is 3.55. The smallest absolute Gasteiger partial charge is 0.238 e. The summed E-state index contributed by atoms with van der Waals surface area (Å²) in [5.74, 6) is 0.0000543. The largest absolute Gasteiger partial charge is 0.464 e. The molecular formula is C14H14N2O3. The van der Waals surface area contributed by atoms with Gasteiger partial charge in [-0.25, -0.2) is 0 Å². The first-order valence-corrected chi connectivity index (χ1v) is 6.06. The Morgan fingerprint density at radius 2 is 1.95 bits per heavy atom. The number of carbonyl (C=O) groups excluding carboxylic acids is 1. The number of hydrogen-bond donors (Lipinski definition) is 0. The molecule has 5 heteroatoms. The van der Waals surface area contributed by atoms with Gasteiger partial charge in [0, 0.05) is 7.05 Å². The first kappa shape index (κ1) is 11.9. The fraction of sp³-hybridized carbons (Fsp3) is 0.286. The van der Waals surface area contributed by atoms with Gasteiger partial charge in [0.1, 0.15) is 18.0 Å². The number of likely N-dealkylation sites (N-methyl/N-ethyl adjacent to an activating group) is 2. The monoisotopic (exact) mass is 258 g/mol. The van der Waals surface area contributed by atoms with Gasteiger partial charge < -0.3 is 9.32 Å². The van der Waals surface area contributed by atoms with Crippen LogP contribution in [0, 0.1) is 0 Å². The van der Waals surface area contributed by atoms with Gasteiger partial charge in [0.15, 0.2) is 5.43 Å². The maximum Gasteiger partial charge on any atom is 0.238 e. The quantitative estimate of drug-likeness (QED) is 0.771. The predicted molar refractivity (Wildman–Crippen MR) is 70.6 cm³/mol. The van der Waals surface area contributed by atoms with Gasteiger partial charge in [0.2, 0.25) is 5.91 Å². The van der Waals surface area contributed by atoms with Crippen molar-refractivity contribution in [1.29, 1.82) is 0 Å². The van der Waals surface area contributed by atoms with E-state index in [0.717, 1.165) is 0 Å². The van der Waals surface area contributed by atoms with Crippen molar-refractivity contribution in [3.05, 3.63) is 46.3 Å². The number of rotatable bonds is 1. The third kappa shape index (κ3) is 1.74. The van der Waals surface area contributed by atoms with Gasteiger partial charge in [0.05, 0.1) is 17.5 Å². The van der Waals surface area contributed by atoms with Crippen molar-refractivity contribution in [2.45, 2.75) is 6.17 Å². The SMILES string of the molecule is CN1CC(=O)N(C)C1c1coc2ccccc2c1=O. The summed E-state index contributed by atoms with van der Waals surface area (Å²) in [5, 5.41) is 0.543. The molecule has 0 aliphatic carbocycles. The van der Waals surface area contributed by atoms with Crippen LogP contribution < -0.4 is 5.43 Å². The molecule has 5 nitrogen and oxygen atoms in total. The van der Waals surface area contributed by atoms with E-state index in [9.17, 15) is 9.59 Å². The van der Waals surface area contributed by atoms with E-state index in [1.165, 1.54) is 6.26 Å². The molecule has 0 bridgehead atoms. The van der Waals surface area contributed by atoms with Crippen molar-refractivity contribution in [1.82, 2.24) is 9.80 Å². The zero-order valence-electron chi connectivity index (χ0n) is 10.8. The predicted octanol–water partition coefficient (Wildman–Crippen LogP) is 1.20. The summed E-state index contributed by atoms with van der Waals surface area (Å²) in [6.07, 6.45) is 1.11. The number of benzene rings is 1. The van der Waals surface area contributed by atoms with E-state index < -0.39 is 0 Å². The van der Waals surface area contributed by atoms with Crippen LogP contribution in [0.5, 0.6) is 0 Å². The molecular weight excluding hydrogens is 244 g/mol. The minimum Gasteiger partial charge on any atom is -0.464 e. The lowest BCUT2D eigenvalue weighted by Gasteiger charge is -2.23. The zero-order valence-corrected chi connectivity index (χ0v) is 10.8. The minimum absolute atomic E-state index is 0.0000543. The van der Waals surface area contributed by atoms with Gasteiger partial charge in [-0.15, -0.1) is 0 Å². The molecule has 1 unspecified atom stereocenters. The number of hydrogen-bond acceptors (Lipinski definition) is 4. The first-order chi connectivity index (χ1) is 9.09.